The van der Waals surface area contributed by atoms with Crippen LogP contribution in [0.15, 0.2) is 12.1 Å². The minimum atomic E-state index is -3.44. The van der Waals surface area contributed by atoms with E-state index in [0.29, 0.717) is 18.9 Å². The fraction of sp³-hybridized carbons (Fsp3) is 0.739. The van der Waals surface area contributed by atoms with Gasteiger partial charge in [-0.15, -0.1) is 0 Å². The van der Waals surface area contributed by atoms with Gasteiger partial charge in [0.1, 0.15) is 19.0 Å². The summed E-state index contributed by atoms with van der Waals surface area (Å²) in [6.07, 6.45) is 4.73. The summed E-state index contributed by atoms with van der Waals surface area (Å²) in [5.41, 5.74) is 0.941. The molecular formula is C23H35N3O7S. The Balaban J connectivity index is 1.55. The lowest BCUT2D eigenvalue weighted by Crippen LogP contribution is -2.50. The number of carbonyl (C=O) groups excluding carboxylic acids is 1. The smallest absolute Gasteiger partial charge is 0.410 e. The Morgan fingerprint density at radius 2 is 1.91 bits per heavy atom. The standard InChI is InChI=1S/C23H35N3O7S/c1-4-30-18-12-19-16-5-7-17(8-6-16)33-14-21-20(25-34(3,28)29)11-15(2)26(21)23(27)32-10-9-31-22(13-18)24-19/h12-13,15-17,20-21,25H,4-11,14H2,1-3H3/t15-,16?,17?,20+,21+/m1/s1. The second-order valence-electron chi connectivity index (χ2n) is 9.32. The maximum atomic E-state index is 13.0. The van der Waals surface area contributed by atoms with Gasteiger partial charge in [-0.3, -0.25) is 4.90 Å². The number of pyridine rings is 1. The van der Waals surface area contributed by atoms with Crippen LogP contribution in [0.2, 0.25) is 0 Å². The SMILES string of the molecule is CCOc1cc2nc(c1)C1CCC(CC1)OC[C@H]1[C@@H](NS(C)(=O)=O)C[C@@H](C)N1C(=O)OCCO2. The quantitative estimate of drug-likeness (QED) is 0.674. The molecule has 4 bridgehead atoms. The van der Waals surface area contributed by atoms with E-state index >= 15 is 0 Å². The van der Waals surface area contributed by atoms with E-state index in [1.807, 2.05) is 19.9 Å². The number of nitrogens with one attached hydrogen (secondary N) is 1. The van der Waals surface area contributed by atoms with Crippen LogP contribution in [0.3, 0.4) is 0 Å². The molecule has 3 atom stereocenters. The molecular weight excluding hydrogens is 462 g/mol. The van der Waals surface area contributed by atoms with E-state index in [2.05, 4.69) is 4.72 Å². The molecule has 1 aromatic rings. The van der Waals surface area contributed by atoms with Crippen LogP contribution in [0.25, 0.3) is 0 Å². The van der Waals surface area contributed by atoms with Crippen LogP contribution in [0.1, 0.15) is 57.6 Å². The van der Waals surface area contributed by atoms with Crippen molar-refractivity contribution < 1.29 is 32.2 Å². The van der Waals surface area contributed by atoms with Gasteiger partial charge in [-0.2, -0.15) is 0 Å². The Bertz CT molecular complexity index is 965. The minimum absolute atomic E-state index is 0.0434. The van der Waals surface area contributed by atoms with Crippen molar-refractivity contribution in [3.05, 3.63) is 17.8 Å². The lowest BCUT2D eigenvalue weighted by atomic mass is 9.85. The number of hydrogen-bond donors (Lipinski definition) is 1. The van der Waals surface area contributed by atoms with Crippen LogP contribution >= 0.6 is 0 Å². The Morgan fingerprint density at radius 3 is 2.62 bits per heavy atom. The van der Waals surface area contributed by atoms with Crippen molar-refractivity contribution in [1.29, 1.82) is 0 Å². The van der Waals surface area contributed by atoms with E-state index in [-0.39, 0.29) is 37.9 Å². The molecule has 34 heavy (non-hydrogen) atoms. The zero-order valence-corrected chi connectivity index (χ0v) is 20.9. The molecule has 10 nitrogen and oxygen atoms in total. The fourth-order valence-corrected chi connectivity index (χ4v) is 6.02. The van der Waals surface area contributed by atoms with Gasteiger partial charge in [0.05, 0.1) is 37.3 Å². The van der Waals surface area contributed by atoms with Gasteiger partial charge >= 0.3 is 6.09 Å². The first kappa shape index (κ1) is 25.0. The summed E-state index contributed by atoms with van der Waals surface area (Å²) < 4.78 is 49.8. The molecule has 190 valence electrons. The number of rotatable bonds is 4. The highest BCUT2D eigenvalue weighted by atomic mass is 32.2. The van der Waals surface area contributed by atoms with Crippen molar-refractivity contribution in [2.24, 2.45) is 0 Å². The second kappa shape index (κ2) is 10.7. The highest BCUT2D eigenvalue weighted by molar-refractivity contribution is 7.88. The zero-order chi connectivity index (χ0) is 24.3. The van der Waals surface area contributed by atoms with E-state index < -0.39 is 28.2 Å². The molecule has 1 amide bonds. The van der Waals surface area contributed by atoms with Gasteiger partial charge in [-0.05, 0) is 46.0 Å². The van der Waals surface area contributed by atoms with Crippen molar-refractivity contribution in [3.8, 4) is 11.6 Å². The first-order chi connectivity index (χ1) is 16.2. The number of sulfonamides is 1. The van der Waals surface area contributed by atoms with Crippen LogP contribution in [-0.2, 0) is 19.5 Å². The number of fused-ring (bicyclic) bond motifs is 7. The molecule has 1 N–H and O–H groups in total. The number of aromatic nitrogens is 1. The van der Waals surface area contributed by atoms with Gasteiger partial charge in [0, 0.05) is 30.1 Å². The normalized spacial score (nSPS) is 30.4. The molecule has 0 unspecified atom stereocenters. The summed E-state index contributed by atoms with van der Waals surface area (Å²) in [6.45, 7) is 4.81. The van der Waals surface area contributed by atoms with Gasteiger partial charge < -0.3 is 18.9 Å². The maximum Gasteiger partial charge on any atom is 0.410 e. The summed E-state index contributed by atoms with van der Waals surface area (Å²) in [5, 5.41) is 0. The first-order valence-corrected chi connectivity index (χ1v) is 13.9. The maximum absolute atomic E-state index is 13.0. The summed E-state index contributed by atoms with van der Waals surface area (Å²) in [4.78, 5) is 19.3. The largest absolute Gasteiger partial charge is 0.494 e. The molecule has 1 saturated carbocycles. The van der Waals surface area contributed by atoms with Gasteiger partial charge in [0.2, 0.25) is 15.9 Å². The van der Waals surface area contributed by atoms with Gasteiger partial charge in [-0.25, -0.2) is 22.9 Å². The number of carbonyl (C=O) groups is 1. The molecule has 0 aromatic carbocycles. The van der Waals surface area contributed by atoms with Crippen LogP contribution in [-0.4, -0.2) is 81.3 Å². The summed E-state index contributed by atoms with van der Waals surface area (Å²) in [6, 6.07) is 2.68. The Hall–Kier alpha value is -2.11. The molecule has 0 radical (unpaired) electrons. The lowest BCUT2D eigenvalue weighted by molar-refractivity contribution is -0.0118. The predicted octanol–water partition coefficient (Wildman–Crippen LogP) is 2.43. The van der Waals surface area contributed by atoms with Gasteiger partial charge in [0.15, 0.2) is 0 Å². The molecule has 2 fully saturated rings. The summed E-state index contributed by atoms with van der Waals surface area (Å²) in [5.74, 6) is 1.46. The average Bonchev–Trinajstić information content (AvgIpc) is 3.08. The summed E-state index contributed by atoms with van der Waals surface area (Å²) in [7, 11) is -3.44. The Kier molecular flexibility index (Phi) is 7.83. The monoisotopic (exact) mass is 497 g/mol. The van der Waals surface area contributed by atoms with E-state index in [0.717, 1.165) is 43.4 Å². The van der Waals surface area contributed by atoms with E-state index in [9.17, 15) is 13.2 Å². The Labute approximate surface area is 201 Å². The van der Waals surface area contributed by atoms with Crippen LogP contribution in [0.4, 0.5) is 4.79 Å². The van der Waals surface area contributed by atoms with E-state index in [1.165, 1.54) is 0 Å². The highest BCUT2D eigenvalue weighted by Crippen LogP contribution is 2.36. The number of hydrogen-bond acceptors (Lipinski definition) is 8. The van der Waals surface area contributed by atoms with E-state index in [1.54, 1.807) is 11.0 Å². The molecule has 4 aliphatic rings. The molecule has 11 heteroatoms. The molecule has 3 aliphatic heterocycles. The molecule has 4 heterocycles. The summed E-state index contributed by atoms with van der Waals surface area (Å²) >= 11 is 0. The van der Waals surface area contributed by atoms with Crippen molar-refractivity contribution in [2.75, 3.05) is 32.7 Å². The molecule has 1 aliphatic carbocycles. The Morgan fingerprint density at radius 1 is 1.18 bits per heavy atom. The molecule has 1 saturated heterocycles. The topological polar surface area (TPSA) is 116 Å². The lowest BCUT2D eigenvalue weighted by Gasteiger charge is -2.33. The van der Waals surface area contributed by atoms with E-state index in [4.69, 9.17) is 23.9 Å². The van der Waals surface area contributed by atoms with Gasteiger partial charge in [0.25, 0.3) is 0 Å². The third kappa shape index (κ3) is 6.11. The number of amides is 1. The highest BCUT2D eigenvalue weighted by Gasteiger charge is 2.44. The van der Waals surface area contributed by atoms with Crippen molar-refractivity contribution in [3.63, 3.8) is 0 Å². The second-order valence-corrected chi connectivity index (χ2v) is 11.1. The van der Waals surface area contributed by atoms with Crippen molar-refractivity contribution in [2.45, 2.75) is 76.1 Å². The van der Waals surface area contributed by atoms with Crippen molar-refractivity contribution >= 4 is 16.1 Å². The molecule has 5 rings (SSSR count). The minimum Gasteiger partial charge on any atom is -0.494 e. The number of ether oxygens (including phenoxy) is 4. The van der Waals surface area contributed by atoms with Crippen LogP contribution < -0.4 is 14.2 Å². The van der Waals surface area contributed by atoms with Crippen molar-refractivity contribution in [1.82, 2.24) is 14.6 Å². The molecule has 0 spiro atoms. The predicted molar refractivity (Wildman–Crippen MR) is 125 cm³/mol. The zero-order valence-electron chi connectivity index (χ0n) is 20.1. The first-order valence-electron chi connectivity index (χ1n) is 12.0. The third-order valence-corrected chi connectivity index (χ3v) is 7.46. The van der Waals surface area contributed by atoms with Crippen LogP contribution in [0, 0.1) is 0 Å². The third-order valence-electron chi connectivity index (χ3n) is 6.73. The fourth-order valence-electron chi connectivity index (χ4n) is 5.22. The van der Waals surface area contributed by atoms with Gasteiger partial charge in [-0.1, -0.05) is 0 Å². The number of nitrogens with zero attached hydrogens (tertiary/aromatic N) is 2. The van der Waals surface area contributed by atoms with Crippen LogP contribution in [0.5, 0.6) is 11.6 Å². The average molecular weight is 498 g/mol. The molecule has 1 aromatic heterocycles.